The number of sulfonamides is 1. The van der Waals surface area contributed by atoms with Gasteiger partial charge < -0.3 is 5.11 Å². The lowest BCUT2D eigenvalue weighted by Gasteiger charge is -2.57. The smallest absolute Gasteiger partial charge is 0.276 e. The van der Waals surface area contributed by atoms with Crippen LogP contribution in [0.15, 0.2) is 45.4 Å². The minimum Gasteiger partial charge on any atom is -0.385 e. The summed E-state index contributed by atoms with van der Waals surface area (Å²) in [7, 11) is -3.77. The van der Waals surface area contributed by atoms with Crippen molar-refractivity contribution < 1.29 is 13.5 Å². The summed E-state index contributed by atoms with van der Waals surface area (Å²) >= 11 is 0. The van der Waals surface area contributed by atoms with Gasteiger partial charge in [0.25, 0.3) is 10.0 Å². The minimum absolute atomic E-state index is 0.0269. The Hall–Kier alpha value is -1.66. The number of aryl methyl sites for hydroxylation is 1. The van der Waals surface area contributed by atoms with Gasteiger partial charge in [0, 0.05) is 5.57 Å². The van der Waals surface area contributed by atoms with Crippen molar-refractivity contribution in [1.29, 1.82) is 0 Å². The number of hydrogen-bond donors (Lipinski definition) is 2. The van der Waals surface area contributed by atoms with Gasteiger partial charge in [0.15, 0.2) is 0 Å². The second kappa shape index (κ2) is 6.92. The second-order valence-corrected chi connectivity index (χ2v) is 13.8. The largest absolute Gasteiger partial charge is 0.385 e. The quantitative estimate of drug-likeness (QED) is 0.637. The van der Waals surface area contributed by atoms with E-state index in [1.165, 1.54) is 5.57 Å². The third kappa shape index (κ3) is 4.34. The van der Waals surface area contributed by atoms with Gasteiger partial charge in [-0.3, -0.25) is 0 Å². The lowest BCUT2D eigenvalue weighted by Crippen LogP contribution is -2.54. The van der Waals surface area contributed by atoms with Gasteiger partial charge in [-0.25, -0.2) is 0 Å². The summed E-state index contributed by atoms with van der Waals surface area (Å²) < 4.78 is 25.7. The van der Waals surface area contributed by atoms with E-state index in [1.54, 1.807) is 24.3 Å². The van der Waals surface area contributed by atoms with Crippen LogP contribution in [0.2, 0.25) is 0 Å². The maximum Gasteiger partial charge on any atom is 0.276 e. The van der Waals surface area contributed by atoms with E-state index in [9.17, 15) is 13.5 Å². The van der Waals surface area contributed by atoms with Crippen LogP contribution in [0.5, 0.6) is 0 Å². The molecule has 4 rings (SSSR count). The topological polar surface area (TPSA) is 78.8 Å². The first-order chi connectivity index (χ1) is 14.1. The standard InChI is InChI=1S/C25H36N2O3S/c1-17-7-9-19(10-8-17)31(29,30)27-26-20-13-22(2,3)11-18-12-24(6)14-23(4,5)15-25(28,16-24)21(18)20/h7-10,27-28H,11-16H2,1-6H3/b26-20-/t24-,25+/m0/s1. The molecule has 1 saturated carbocycles. The molecule has 3 aliphatic carbocycles. The molecular formula is C25H36N2O3S. The highest BCUT2D eigenvalue weighted by Gasteiger charge is 2.56. The van der Waals surface area contributed by atoms with Crippen LogP contribution in [0.3, 0.4) is 0 Å². The Labute approximate surface area is 187 Å². The number of benzene rings is 1. The average molecular weight is 445 g/mol. The van der Waals surface area contributed by atoms with Crippen LogP contribution in [0.4, 0.5) is 0 Å². The minimum atomic E-state index is -3.77. The fourth-order valence-corrected chi connectivity index (χ4v) is 7.69. The Bertz CT molecular complexity index is 1070. The lowest BCUT2D eigenvalue weighted by atomic mass is 9.49. The zero-order valence-electron chi connectivity index (χ0n) is 19.7. The number of hydrazone groups is 1. The van der Waals surface area contributed by atoms with Crippen molar-refractivity contribution in [3.63, 3.8) is 0 Å². The van der Waals surface area contributed by atoms with Crippen molar-refractivity contribution in [3.8, 4) is 0 Å². The van der Waals surface area contributed by atoms with Gasteiger partial charge in [0.2, 0.25) is 0 Å². The highest BCUT2D eigenvalue weighted by molar-refractivity contribution is 7.89. The molecule has 1 aromatic rings. The molecular weight excluding hydrogens is 408 g/mol. The third-order valence-electron chi connectivity index (χ3n) is 7.11. The Morgan fingerprint density at radius 1 is 0.903 bits per heavy atom. The molecule has 170 valence electrons. The first kappa shape index (κ1) is 22.5. The number of hydrogen-bond acceptors (Lipinski definition) is 4. The van der Waals surface area contributed by atoms with Crippen LogP contribution in [0.25, 0.3) is 0 Å². The fourth-order valence-electron chi connectivity index (χ4n) is 6.86. The predicted molar refractivity (Wildman–Crippen MR) is 124 cm³/mol. The number of nitrogens with zero attached hydrogens (tertiary/aromatic N) is 1. The van der Waals surface area contributed by atoms with Crippen molar-refractivity contribution >= 4 is 15.7 Å². The number of allylic oxidation sites excluding steroid dienone is 1. The molecule has 0 heterocycles. The normalized spacial score (nSPS) is 33.2. The van der Waals surface area contributed by atoms with Crippen LogP contribution >= 0.6 is 0 Å². The zero-order valence-corrected chi connectivity index (χ0v) is 20.5. The Kier molecular flexibility index (Phi) is 5.03. The molecule has 0 aromatic heterocycles. The number of nitrogens with one attached hydrogen (secondary N) is 1. The fraction of sp³-hybridized carbons (Fsp3) is 0.640. The SMILES string of the molecule is Cc1ccc(S(=O)(=O)N/N=C2/CC(C)(C)CC3=C2[C@@]2(O)CC(C)(C)C[C@](C)(C3)C2)cc1. The van der Waals surface area contributed by atoms with E-state index in [0.717, 1.165) is 30.4 Å². The van der Waals surface area contributed by atoms with Gasteiger partial charge in [-0.05, 0) is 73.8 Å². The molecule has 0 radical (unpaired) electrons. The molecule has 6 heteroatoms. The lowest BCUT2D eigenvalue weighted by molar-refractivity contribution is -0.0754. The molecule has 0 amide bonds. The Morgan fingerprint density at radius 2 is 1.55 bits per heavy atom. The second-order valence-electron chi connectivity index (χ2n) is 12.2. The van der Waals surface area contributed by atoms with Crippen LogP contribution < -0.4 is 4.83 Å². The van der Waals surface area contributed by atoms with Crippen molar-refractivity contribution in [1.82, 2.24) is 4.83 Å². The molecule has 2 atom stereocenters. The van der Waals surface area contributed by atoms with E-state index in [1.807, 2.05) is 6.92 Å². The highest BCUT2D eigenvalue weighted by Crippen LogP contribution is 2.61. The maximum absolute atomic E-state index is 12.9. The zero-order chi connectivity index (χ0) is 22.9. The van der Waals surface area contributed by atoms with E-state index >= 15 is 0 Å². The molecule has 2 bridgehead atoms. The summed E-state index contributed by atoms with van der Waals surface area (Å²) in [6, 6.07) is 6.74. The Balaban J connectivity index is 1.76. The van der Waals surface area contributed by atoms with Gasteiger partial charge in [-0.1, -0.05) is 57.9 Å². The first-order valence-electron chi connectivity index (χ1n) is 11.2. The molecule has 0 saturated heterocycles. The summed E-state index contributed by atoms with van der Waals surface area (Å²) in [5.41, 5.74) is 2.98. The van der Waals surface area contributed by atoms with E-state index in [2.05, 4.69) is 44.6 Å². The van der Waals surface area contributed by atoms with E-state index in [4.69, 9.17) is 0 Å². The summed E-state index contributed by atoms with van der Waals surface area (Å²) in [5, 5.41) is 16.4. The number of rotatable bonds is 3. The summed E-state index contributed by atoms with van der Waals surface area (Å²) in [4.78, 5) is 2.67. The molecule has 31 heavy (non-hydrogen) atoms. The van der Waals surface area contributed by atoms with Crippen LogP contribution in [-0.2, 0) is 10.0 Å². The van der Waals surface area contributed by atoms with Gasteiger partial charge in [-0.2, -0.15) is 18.4 Å². The molecule has 0 aliphatic heterocycles. The summed E-state index contributed by atoms with van der Waals surface area (Å²) in [6.45, 7) is 13.1. The monoisotopic (exact) mass is 444 g/mol. The van der Waals surface area contributed by atoms with E-state index < -0.39 is 15.6 Å². The molecule has 5 nitrogen and oxygen atoms in total. The van der Waals surface area contributed by atoms with Gasteiger partial charge in [-0.15, -0.1) is 0 Å². The molecule has 3 aliphatic rings. The van der Waals surface area contributed by atoms with Crippen LogP contribution in [-0.4, -0.2) is 24.8 Å². The van der Waals surface area contributed by atoms with Crippen molar-refractivity contribution in [2.24, 2.45) is 21.3 Å². The molecule has 0 spiro atoms. The van der Waals surface area contributed by atoms with E-state index in [0.29, 0.717) is 25.0 Å². The van der Waals surface area contributed by atoms with Crippen molar-refractivity contribution in [3.05, 3.63) is 41.0 Å². The average Bonchev–Trinajstić information content (AvgIpc) is 2.55. The van der Waals surface area contributed by atoms with Crippen molar-refractivity contribution in [2.45, 2.75) is 90.6 Å². The van der Waals surface area contributed by atoms with Gasteiger partial charge in [0.05, 0.1) is 16.2 Å². The van der Waals surface area contributed by atoms with E-state index in [-0.39, 0.29) is 21.1 Å². The predicted octanol–water partition coefficient (Wildman–Crippen LogP) is 5.10. The molecule has 1 fully saturated rings. The number of aliphatic hydroxyl groups is 1. The molecule has 1 aromatic carbocycles. The Morgan fingerprint density at radius 3 is 2.19 bits per heavy atom. The van der Waals surface area contributed by atoms with Gasteiger partial charge >= 0.3 is 0 Å². The summed E-state index contributed by atoms with van der Waals surface area (Å²) in [6.07, 6.45) is 4.99. The maximum atomic E-state index is 12.9. The number of fused-ring (bicyclic) bond motifs is 3. The van der Waals surface area contributed by atoms with Gasteiger partial charge in [0.1, 0.15) is 0 Å². The first-order valence-corrected chi connectivity index (χ1v) is 12.7. The van der Waals surface area contributed by atoms with Crippen LogP contribution in [0.1, 0.15) is 78.7 Å². The third-order valence-corrected chi connectivity index (χ3v) is 8.34. The highest BCUT2D eigenvalue weighted by atomic mass is 32.2. The van der Waals surface area contributed by atoms with Crippen LogP contribution in [0, 0.1) is 23.2 Å². The molecule has 2 N–H and O–H groups in total. The van der Waals surface area contributed by atoms with Crippen molar-refractivity contribution in [2.75, 3.05) is 0 Å². The summed E-state index contributed by atoms with van der Waals surface area (Å²) in [5.74, 6) is 0. The molecule has 0 unspecified atom stereocenters.